The van der Waals surface area contributed by atoms with E-state index < -0.39 is 12.2 Å². The van der Waals surface area contributed by atoms with Crippen molar-refractivity contribution in [3.05, 3.63) is 48.0 Å². The first-order chi connectivity index (χ1) is 8.79. The summed E-state index contributed by atoms with van der Waals surface area (Å²) in [6.07, 6.45) is -0.643. The number of fused-ring (bicyclic) bond motifs is 1. The van der Waals surface area contributed by atoms with Crippen molar-refractivity contribution in [3.8, 4) is 0 Å². The summed E-state index contributed by atoms with van der Waals surface area (Å²) >= 11 is 0. The first-order valence-corrected chi connectivity index (χ1v) is 6.21. The number of hydrogen-bond acceptors (Lipinski definition) is 3. The van der Waals surface area contributed by atoms with Crippen LogP contribution in [0.5, 0.6) is 0 Å². The maximum atomic E-state index is 9.81. The van der Waals surface area contributed by atoms with Crippen molar-refractivity contribution in [1.82, 2.24) is 0 Å². The van der Waals surface area contributed by atoms with E-state index in [9.17, 15) is 5.11 Å². The van der Waals surface area contributed by atoms with E-state index in [2.05, 4.69) is 18.2 Å². The molecule has 1 fully saturated rings. The molecule has 94 valence electrons. The van der Waals surface area contributed by atoms with Gasteiger partial charge in [0.25, 0.3) is 0 Å². The van der Waals surface area contributed by atoms with E-state index >= 15 is 0 Å². The fourth-order valence-corrected chi connectivity index (χ4v) is 2.62. The molecule has 18 heavy (non-hydrogen) atoms. The van der Waals surface area contributed by atoms with Gasteiger partial charge in [0.15, 0.2) is 0 Å². The summed E-state index contributed by atoms with van der Waals surface area (Å²) in [5, 5.41) is 21.3. The third-order valence-electron chi connectivity index (χ3n) is 3.57. The molecule has 2 aromatic carbocycles. The molecule has 1 aliphatic rings. The Hall–Kier alpha value is -1.42. The number of hydrogen-bond donors (Lipinski definition) is 2. The lowest BCUT2D eigenvalue weighted by atomic mass is 9.98. The maximum absolute atomic E-state index is 9.81. The number of rotatable bonds is 2. The van der Waals surface area contributed by atoms with Crippen molar-refractivity contribution in [2.45, 2.75) is 24.7 Å². The van der Waals surface area contributed by atoms with Crippen LogP contribution in [0.25, 0.3) is 10.8 Å². The average molecular weight is 244 g/mol. The molecular formula is C15H16O3. The number of ether oxygens (including phenoxy) is 1. The summed E-state index contributed by atoms with van der Waals surface area (Å²) in [6.45, 7) is -0.136. The van der Waals surface area contributed by atoms with Crippen LogP contribution in [0.1, 0.15) is 18.1 Å². The topological polar surface area (TPSA) is 49.7 Å². The molecule has 3 atom stereocenters. The summed E-state index contributed by atoms with van der Waals surface area (Å²) in [6, 6.07) is 14.2. The third-order valence-corrected chi connectivity index (χ3v) is 3.57. The van der Waals surface area contributed by atoms with Gasteiger partial charge in [-0.1, -0.05) is 42.5 Å². The molecule has 1 heterocycles. The van der Waals surface area contributed by atoms with Crippen molar-refractivity contribution < 1.29 is 14.9 Å². The lowest BCUT2D eigenvalue weighted by molar-refractivity contribution is -0.0222. The van der Waals surface area contributed by atoms with E-state index in [1.807, 2.05) is 24.3 Å². The van der Waals surface area contributed by atoms with Crippen LogP contribution in [0, 0.1) is 0 Å². The molecule has 3 rings (SSSR count). The quantitative estimate of drug-likeness (QED) is 0.849. The van der Waals surface area contributed by atoms with Gasteiger partial charge in [-0.05, 0) is 16.3 Å². The molecule has 0 bridgehead atoms. The minimum absolute atomic E-state index is 0.136. The minimum atomic E-state index is -0.584. The highest BCUT2D eigenvalue weighted by atomic mass is 16.5. The monoisotopic (exact) mass is 244 g/mol. The van der Waals surface area contributed by atoms with Gasteiger partial charge in [-0.15, -0.1) is 0 Å². The van der Waals surface area contributed by atoms with Crippen LogP contribution in [-0.2, 0) is 4.74 Å². The second kappa shape index (κ2) is 4.69. The van der Waals surface area contributed by atoms with Crippen LogP contribution < -0.4 is 0 Å². The van der Waals surface area contributed by atoms with Crippen molar-refractivity contribution in [1.29, 1.82) is 0 Å². The van der Waals surface area contributed by atoms with Crippen molar-refractivity contribution in [3.63, 3.8) is 0 Å². The van der Waals surface area contributed by atoms with Gasteiger partial charge in [0.2, 0.25) is 0 Å². The second-order valence-electron chi connectivity index (χ2n) is 4.72. The highest BCUT2D eigenvalue weighted by Gasteiger charge is 2.34. The second-order valence-corrected chi connectivity index (χ2v) is 4.72. The Morgan fingerprint density at radius 1 is 1.11 bits per heavy atom. The molecule has 3 heteroatoms. The molecule has 1 saturated heterocycles. The van der Waals surface area contributed by atoms with Gasteiger partial charge in [0.1, 0.15) is 6.10 Å². The van der Waals surface area contributed by atoms with E-state index in [0.29, 0.717) is 6.42 Å². The van der Waals surface area contributed by atoms with Crippen LogP contribution >= 0.6 is 0 Å². The Labute approximate surface area is 106 Å². The normalized spacial score (nSPS) is 27.8. The van der Waals surface area contributed by atoms with Crippen LogP contribution in [-0.4, -0.2) is 29.0 Å². The van der Waals surface area contributed by atoms with E-state index in [-0.39, 0.29) is 12.7 Å². The first-order valence-electron chi connectivity index (χ1n) is 6.21. The van der Waals surface area contributed by atoms with Crippen molar-refractivity contribution in [2.75, 3.05) is 6.61 Å². The molecule has 0 spiro atoms. The molecule has 0 aliphatic carbocycles. The smallest absolute Gasteiger partial charge is 0.107 e. The summed E-state index contributed by atoms with van der Waals surface area (Å²) in [5.41, 5.74) is 1.09. The van der Waals surface area contributed by atoms with Gasteiger partial charge in [0.05, 0.1) is 18.8 Å². The van der Waals surface area contributed by atoms with Gasteiger partial charge >= 0.3 is 0 Å². The van der Waals surface area contributed by atoms with Gasteiger partial charge < -0.3 is 14.9 Å². The summed E-state index contributed by atoms with van der Waals surface area (Å²) in [4.78, 5) is 0. The molecule has 0 amide bonds. The SMILES string of the molecule is OCC1OC(c2cccc3ccccc23)CC1O. The molecule has 2 N–H and O–H groups in total. The van der Waals surface area contributed by atoms with E-state index in [1.54, 1.807) is 0 Å². The molecule has 2 aromatic rings. The molecule has 3 unspecified atom stereocenters. The molecule has 3 nitrogen and oxygen atoms in total. The molecular weight excluding hydrogens is 228 g/mol. The predicted molar refractivity (Wildman–Crippen MR) is 69.3 cm³/mol. The summed E-state index contributed by atoms with van der Waals surface area (Å²) in [7, 11) is 0. The van der Waals surface area contributed by atoms with Gasteiger partial charge in [0, 0.05) is 6.42 Å². The van der Waals surface area contributed by atoms with Crippen LogP contribution in [0.4, 0.5) is 0 Å². The third kappa shape index (κ3) is 1.90. The fraction of sp³-hybridized carbons (Fsp3) is 0.333. The summed E-state index contributed by atoms with van der Waals surface area (Å²) < 4.78 is 5.72. The highest BCUT2D eigenvalue weighted by molar-refractivity contribution is 5.86. The Morgan fingerprint density at radius 2 is 1.89 bits per heavy atom. The summed E-state index contributed by atoms with van der Waals surface area (Å²) in [5.74, 6) is 0. The van der Waals surface area contributed by atoms with Crippen LogP contribution in [0.15, 0.2) is 42.5 Å². The number of benzene rings is 2. The standard InChI is InChI=1S/C15H16O3/c16-9-15-13(17)8-14(18-15)12-7-3-5-10-4-1-2-6-11(10)12/h1-7,13-17H,8-9H2. The van der Waals surface area contributed by atoms with Gasteiger partial charge in [-0.3, -0.25) is 0 Å². The van der Waals surface area contributed by atoms with Crippen LogP contribution in [0.2, 0.25) is 0 Å². The number of aliphatic hydroxyl groups is 2. The zero-order valence-electron chi connectivity index (χ0n) is 9.99. The highest BCUT2D eigenvalue weighted by Crippen LogP contribution is 2.36. The Bertz CT molecular complexity index is 547. The Morgan fingerprint density at radius 3 is 2.67 bits per heavy atom. The number of aliphatic hydroxyl groups excluding tert-OH is 2. The fourth-order valence-electron chi connectivity index (χ4n) is 2.62. The van der Waals surface area contributed by atoms with Crippen molar-refractivity contribution >= 4 is 10.8 Å². The average Bonchev–Trinajstić information content (AvgIpc) is 2.79. The predicted octanol–water partition coefficient (Wildman–Crippen LogP) is 2.02. The van der Waals surface area contributed by atoms with Gasteiger partial charge in [-0.2, -0.15) is 0 Å². The molecule has 0 aromatic heterocycles. The van der Waals surface area contributed by atoms with Crippen LogP contribution in [0.3, 0.4) is 0 Å². The Kier molecular flexibility index (Phi) is 3.04. The van der Waals surface area contributed by atoms with E-state index in [4.69, 9.17) is 9.84 Å². The largest absolute Gasteiger partial charge is 0.394 e. The Balaban J connectivity index is 2.00. The lowest BCUT2D eigenvalue weighted by Crippen LogP contribution is -2.24. The lowest BCUT2D eigenvalue weighted by Gasteiger charge is -2.14. The van der Waals surface area contributed by atoms with Crippen molar-refractivity contribution in [2.24, 2.45) is 0 Å². The van der Waals surface area contributed by atoms with Gasteiger partial charge in [-0.25, -0.2) is 0 Å². The first kappa shape index (κ1) is 11.7. The molecule has 1 aliphatic heterocycles. The van der Waals surface area contributed by atoms with E-state index in [0.717, 1.165) is 10.9 Å². The minimum Gasteiger partial charge on any atom is -0.394 e. The zero-order chi connectivity index (χ0) is 12.5. The molecule has 0 saturated carbocycles. The zero-order valence-corrected chi connectivity index (χ0v) is 9.99. The molecule has 0 radical (unpaired) electrons. The van der Waals surface area contributed by atoms with E-state index in [1.165, 1.54) is 5.39 Å². The maximum Gasteiger partial charge on any atom is 0.107 e.